The van der Waals surface area contributed by atoms with Crippen molar-refractivity contribution in [3.8, 4) is 0 Å². The maximum atomic E-state index is 13.0. The van der Waals surface area contributed by atoms with E-state index in [9.17, 15) is 18.0 Å². The van der Waals surface area contributed by atoms with Crippen LogP contribution in [0.3, 0.4) is 0 Å². The maximum Gasteiger partial charge on any atom is 0.251 e. The number of nitrogens with one attached hydrogen (secondary N) is 1. The molecule has 1 aliphatic carbocycles. The van der Waals surface area contributed by atoms with E-state index in [-0.39, 0.29) is 5.56 Å². The van der Waals surface area contributed by atoms with Gasteiger partial charge in [-0.1, -0.05) is 32.1 Å². The topological polar surface area (TPSA) is 29.1 Å². The Balaban J connectivity index is 1.85. The number of rotatable bonds is 4. The van der Waals surface area contributed by atoms with Gasteiger partial charge in [0.1, 0.15) is 0 Å². The van der Waals surface area contributed by atoms with Gasteiger partial charge in [0.25, 0.3) is 5.91 Å². The molecule has 1 aromatic carbocycles. The molecule has 0 aliphatic heterocycles. The fraction of sp³-hybridized carbons (Fsp3) is 0.533. The van der Waals surface area contributed by atoms with Crippen molar-refractivity contribution < 1.29 is 18.0 Å². The quantitative estimate of drug-likeness (QED) is 0.838. The molecular formula is C15H18F3NO. The Bertz CT molecular complexity index is 461. The van der Waals surface area contributed by atoms with Crippen LogP contribution in [-0.2, 0) is 0 Å². The van der Waals surface area contributed by atoms with Crippen molar-refractivity contribution in [3.63, 3.8) is 0 Å². The summed E-state index contributed by atoms with van der Waals surface area (Å²) in [5.74, 6) is -4.20. The summed E-state index contributed by atoms with van der Waals surface area (Å²) < 4.78 is 38.8. The smallest absolute Gasteiger partial charge is 0.251 e. The summed E-state index contributed by atoms with van der Waals surface area (Å²) in [6.45, 7) is 0.476. The lowest BCUT2D eigenvalue weighted by Crippen LogP contribution is -2.26. The first-order chi connectivity index (χ1) is 9.58. The molecule has 1 N–H and O–H groups in total. The van der Waals surface area contributed by atoms with Gasteiger partial charge in [-0.2, -0.15) is 0 Å². The zero-order valence-electron chi connectivity index (χ0n) is 11.2. The predicted octanol–water partition coefficient (Wildman–Crippen LogP) is 3.80. The molecule has 0 saturated heterocycles. The number of amides is 1. The molecule has 110 valence electrons. The molecule has 1 fully saturated rings. The number of carbonyl (C=O) groups is 1. The standard InChI is InChI=1S/C15H18F3NO/c16-12-8-11(9-13(17)14(12)18)15(20)19-7-6-10-4-2-1-3-5-10/h8-10H,1-7H2,(H,19,20). The largest absolute Gasteiger partial charge is 0.352 e. The molecule has 20 heavy (non-hydrogen) atoms. The summed E-state index contributed by atoms with van der Waals surface area (Å²) in [5, 5.41) is 2.63. The van der Waals surface area contributed by atoms with Crippen LogP contribution in [0, 0.1) is 23.4 Å². The Hall–Kier alpha value is -1.52. The SMILES string of the molecule is O=C(NCCC1CCCCC1)c1cc(F)c(F)c(F)c1. The third-order valence-electron chi connectivity index (χ3n) is 3.81. The number of hydrogen-bond donors (Lipinski definition) is 1. The minimum atomic E-state index is -1.55. The van der Waals surface area contributed by atoms with E-state index in [2.05, 4.69) is 5.32 Å². The first-order valence-electron chi connectivity index (χ1n) is 7.00. The van der Waals surface area contributed by atoms with Gasteiger partial charge in [-0.05, 0) is 24.5 Å². The van der Waals surface area contributed by atoms with Crippen LogP contribution >= 0.6 is 0 Å². The van der Waals surface area contributed by atoms with Crippen LogP contribution in [0.2, 0.25) is 0 Å². The summed E-state index contributed by atoms with van der Waals surface area (Å²) in [6.07, 6.45) is 6.96. The van der Waals surface area contributed by atoms with Crippen molar-refractivity contribution in [2.45, 2.75) is 38.5 Å². The number of hydrogen-bond acceptors (Lipinski definition) is 1. The molecular weight excluding hydrogens is 267 g/mol. The maximum absolute atomic E-state index is 13.0. The zero-order valence-corrected chi connectivity index (χ0v) is 11.2. The molecule has 5 heteroatoms. The van der Waals surface area contributed by atoms with Gasteiger partial charge >= 0.3 is 0 Å². The average molecular weight is 285 g/mol. The Morgan fingerprint density at radius 1 is 1.10 bits per heavy atom. The van der Waals surface area contributed by atoms with Crippen molar-refractivity contribution >= 4 is 5.91 Å². The van der Waals surface area contributed by atoms with Gasteiger partial charge in [-0.3, -0.25) is 4.79 Å². The lowest BCUT2D eigenvalue weighted by atomic mass is 9.87. The lowest BCUT2D eigenvalue weighted by molar-refractivity contribution is 0.0949. The highest BCUT2D eigenvalue weighted by Crippen LogP contribution is 2.25. The highest BCUT2D eigenvalue weighted by atomic mass is 19.2. The summed E-state index contributed by atoms with van der Waals surface area (Å²) >= 11 is 0. The Kier molecular flexibility index (Phi) is 5.04. The van der Waals surface area contributed by atoms with Crippen LogP contribution in [0.4, 0.5) is 13.2 Å². The predicted molar refractivity (Wildman–Crippen MR) is 69.8 cm³/mol. The van der Waals surface area contributed by atoms with Crippen LogP contribution in [0.15, 0.2) is 12.1 Å². The molecule has 0 aromatic heterocycles. The van der Waals surface area contributed by atoms with Gasteiger partial charge in [0.05, 0.1) is 0 Å². The average Bonchev–Trinajstić information content (AvgIpc) is 2.45. The van der Waals surface area contributed by atoms with Crippen LogP contribution in [-0.4, -0.2) is 12.5 Å². The highest BCUT2D eigenvalue weighted by molar-refractivity contribution is 5.94. The lowest BCUT2D eigenvalue weighted by Gasteiger charge is -2.21. The molecule has 0 spiro atoms. The van der Waals surface area contributed by atoms with Gasteiger partial charge in [-0.15, -0.1) is 0 Å². The molecule has 0 unspecified atom stereocenters. The van der Waals surface area contributed by atoms with Crippen LogP contribution in [0.25, 0.3) is 0 Å². The molecule has 1 amide bonds. The zero-order chi connectivity index (χ0) is 14.5. The Labute approximate surface area is 116 Å². The Morgan fingerprint density at radius 2 is 1.70 bits per heavy atom. The summed E-state index contributed by atoms with van der Waals surface area (Å²) in [4.78, 5) is 11.7. The van der Waals surface area contributed by atoms with Crippen LogP contribution < -0.4 is 5.32 Å². The molecule has 1 aliphatic rings. The molecule has 1 aromatic rings. The van der Waals surface area contributed by atoms with Crippen molar-refractivity contribution in [3.05, 3.63) is 35.1 Å². The molecule has 1 saturated carbocycles. The third-order valence-corrected chi connectivity index (χ3v) is 3.81. The summed E-state index contributed by atoms with van der Waals surface area (Å²) in [7, 11) is 0. The van der Waals surface area contributed by atoms with E-state index in [1.165, 1.54) is 32.1 Å². The van der Waals surface area contributed by atoms with Crippen LogP contribution in [0.5, 0.6) is 0 Å². The van der Waals surface area contributed by atoms with Gasteiger partial charge in [0, 0.05) is 12.1 Å². The second kappa shape index (κ2) is 6.77. The van der Waals surface area contributed by atoms with Crippen molar-refractivity contribution in [1.82, 2.24) is 5.32 Å². The molecule has 0 radical (unpaired) electrons. The fourth-order valence-electron chi connectivity index (χ4n) is 2.65. The summed E-state index contributed by atoms with van der Waals surface area (Å²) in [6, 6.07) is 1.43. The number of carbonyl (C=O) groups excluding carboxylic acids is 1. The molecule has 2 nitrogen and oxygen atoms in total. The Morgan fingerprint density at radius 3 is 2.30 bits per heavy atom. The molecule has 0 atom stereocenters. The van der Waals surface area contributed by atoms with Gasteiger partial charge < -0.3 is 5.32 Å². The van der Waals surface area contributed by atoms with Gasteiger partial charge in [-0.25, -0.2) is 13.2 Å². The minimum Gasteiger partial charge on any atom is -0.352 e. The second-order valence-electron chi connectivity index (χ2n) is 5.30. The van der Waals surface area contributed by atoms with E-state index in [1.807, 2.05) is 0 Å². The number of halogens is 3. The molecule has 0 bridgehead atoms. The second-order valence-corrected chi connectivity index (χ2v) is 5.30. The normalized spacial score (nSPS) is 16.1. The molecule has 0 heterocycles. The van der Waals surface area contributed by atoms with Crippen LogP contribution in [0.1, 0.15) is 48.9 Å². The van der Waals surface area contributed by atoms with E-state index in [0.29, 0.717) is 24.6 Å². The third kappa shape index (κ3) is 3.74. The number of benzene rings is 1. The first kappa shape index (κ1) is 14.9. The van der Waals surface area contributed by atoms with E-state index in [4.69, 9.17) is 0 Å². The fourth-order valence-corrected chi connectivity index (χ4v) is 2.65. The minimum absolute atomic E-state index is 0.190. The van der Waals surface area contributed by atoms with E-state index in [1.54, 1.807) is 0 Å². The van der Waals surface area contributed by atoms with Gasteiger partial charge in [0.15, 0.2) is 17.5 Å². The van der Waals surface area contributed by atoms with Crippen molar-refractivity contribution in [2.75, 3.05) is 6.54 Å². The first-order valence-corrected chi connectivity index (χ1v) is 7.00. The molecule has 2 rings (SSSR count). The van der Waals surface area contributed by atoms with E-state index in [0.717, 1.165) is 6.42 Å². The van der Waals surface area contributed by atoms with Gasteiger partial charge in [0.2, 0.25) is 0 Å². The summed E-state index contributed by atoms with van der Waals surface area (Å²) in [5.41, 5.74) is -0.190. The highest BCUT2D eigenvalue weighted by Gasteiger charge is 2.16. The van der Waals surface area contributed by atoms with E-state index >= 15 is 0 Å². The van der Waals surface area contributed by atoms with E-state index < -0.39 is 23.4 Å². The monoisotopic (exact) mass is 285 g/mol. The van der Waals surface area contributed by atoms with Crippen molar-refractivity contribution in [1.29, 1.82) is 0 Å². The van der Waals surface area contributed by atoms with Crippen molar-refractivity contribution in [2.24, 2.45) is 5.92 Å².